The Bertz CT molecular complexity index is 638. The fourth-order valence-electron chi connectivity index (χ4n) is 2.59. The second-order valence-electron chi connectivity index (χ2n) is 5.50. The minimum absolute atomic E-state index is 0.111. The maximum atomic E-state index is 12.7. The molecule has 9 heteroatoms. The first-order valence-electron chi connectivity index (χ1n) is 7.38. The molecule has 24 heavy (non-hydrogen) atoms. The highest BCUT2D eigenvalue weighted by atomic mass is 35.5. The fraction of sp³-hybridized carbons (Fsp3) is 0.533. The van der Waals surface area contributed by atoms with Crippen LogP contribution < -0.4 is 9.47 Å². The Hall–Kier alpha value is -1.67. The van der Waals surface area contributed by atoms with E-state index in [0.717, 1.165) is 4.90 Å². The molecule has 0 unspecified atom stereocenters. The number of nitrogens with zero attached hydrogens (tertiary/aromatic N) is 1. The van der Waals surface area contributed by atoms with Crippen molar-refractivity contribution in [3.63, 3.8) is 0 Å². The van der Waals surface area contributed by atoms with Crippen molar-refractivity contribution in [1.82, 2.24) is 4.90 Å². The third-order valence-electron chi connectivity index (χ3n) is 3.84. The highest BCUT2D eigenvalue weighted by Gasteiger charge is 2.44. The average Bonchev–Trinajstić information content (AvgIpc) is 2.55. The second-order valence-corrected chi connectivity index (χ2v) is 5.91. The van der Waals surface area contributed by atoms with Crippen molar-refractivity contribution in [3.8, 4) is 11.5 Å². The third kappa shape index (κ3) is 3.70. The van der Waals surface area contributed by atoms with E-state index >= 15 is 0 Å². The lowest BCUT2D eigenvalue weighted by Gasteiger charge is -2.34. The summed E-state index contributed by atoms with van der Waals surface area (Å²) in [6.07, 6.45) is -6.56. The molecule has 2 aliphatic rings. The van der Waals surface area contributed by atoms with Crippen LogP contribution in [0.5, 0.6) is 11.5 Å². The molecule has 1 aromatic rings. The normalized spacial score (nSPS) is 20.8. The minimum atomic E-state index is -4.49. The Kier molecular flexibility index (Phi) is 4.78. The molecule has 0 radical (unpaired) electrons. The van der Waals surface area contributed by atoms with Crippen LogP contribution in [0.25, 0.3) is 0 Å². The van der Waals surface area contributed by atoms with Gasteiger partial charge in [-0.25, -0.2) is 0 Å². The zero-order valence-electron chi connectivity index (χ0n) is 12.6. The second kappa shape index (κ2) is 6.68. The molecular weight excluding hydrogens is 351 g/mol. The summed E-state index contributed by atoms with van der Waals surface area (Å²) < 4.78 is 53.7. The molecule has 2 heterocycles. The van der Waals surface area contributed by atoms with Gasteiger partial charge in [0.25, 0.3) is 0 Å². The molecule has 1 amide bonds. The van der Waals surface area contributed by atoms with Crippen molar-refractivity contribution in [1.29, 1.82) is 0 Å². The molecule has 1 atom stereocenters. The van der Waals surface area contributed by atoms with Gasteiger partial charge in [0.2, 0.25) is 5.91 Å². The summed E-state index contributed by atoms with van der Waals surface area (Å²) in [5.74, 6) is 0.528. The van der Waals surface area contributed by atoms with E-state index in [0.29, 0.717) is 35.3 Å². The summed E-state index contributed by atoms with van der Waals surface area (Å²) in [6.45, 7) is 0.260. The number of alkyl halides is 3. The lowest BCUT2D eigenvalue weighted by atomic mass is 10.1. The highest BCUT2D eigenvalue weighted by Crippen LogP contribution is 2.36. The zero-order valence-corrected chi connectivity index (χ0v) is 13.3. The first kappa shape index (κ1) is 17.2. The SMILES string of the molecule is O=C(Cc1cc2c(cc1Cl)OCCO2)N1CCO[C@H](C(F)(F)F)C1. The van der Waals surface area contributed by atoms with Gasteiger partial charge in [0.15, 0.2) is 17.6 Å². The van der Waals surface area contributed by atoms with Gasteiger partial charge < -0.3 is 19.1 Å². The number of carbonyl (C=O) groups excluding carboxylic acids is 1. The molecule has 5 nitrogen and oxygen atoms in total. The molecule has 1 saturated heterocycles. The maximum Gasteiger partial charge on any atom is 0.416 e. The number of ether oxygens (including phenoxy) is 3. The number of halogens is 4. The van der Waals surface area contributed by atoms with Gasteiger partial charge >= 0.3 is 6.18 Å². The van der Waals surface area contributed by atoms with Gasteiger partial charge in [0.1, 0.15) is 13.2 Å². The van der Waals surface area contributed by atoms with Crippen LogP contribution in [-0.4, -0.2) is 56.0 Å². The Morgan fingerprint density at radius 2 is 1.88 bits per heavy atom. The molecule has 0 N–H and O–H groups in total. The number of carbonyl (C=O) groups is 1. The molecule has 0 aromatic heterocycles. The van der Waals surface area contributed by atoms with Gasteiger partial charge in [-0.2, -0.15) is 13.2 Å². The Labute approximate surface area is 141 Å². The fourth-order valence-corrected chi connectivity index (χ4v) is 2.81. The van der Waals surface area contributed by atoms with E-state index in [1.807, 2.05) is 0 Å². The first-order valence-corrected chi connectivity index (χ1v) is 7.76. The van der Waals surface area contributed by atoms with Crippen molar-refractivity contribution in [3.05, 3.63) is 22.7 Å². The van der Waals surface area contributed by atoms with E-state index in [1.54, 1.807) is 12.1 Å². The summed E-state index contributed by atoms with van der Waals surface area (Å²) in [6, 6.07) is 3.15. The van der Waals surface area contributed by atoms with E-state index in [-0.39, 0.29) is 19.6 Å². The van der Waals surface area contributed by atoms with Crippen LogP contribution >= 0.6 is 11.6 Å². The lowest BCUT2D eigenvalue weighted by Crippen LogP contribution is -2.51. The Morgan fingerprint density at radius 3 is 2.54 bits per heavy atom. The lowest BCUT2D eigenvalue weighted by molar-refractivity contribution is -0.236. The van der Waals surface area contributed by atoms with Crippen LogP contribution in [-0.2, 0) is 16.0 Å². The van der Waals surface area contributed by atoms with Gasteiger partial charge in [-0.05, 0) is 11.6 Å². The van der Waals surface area contributed by atoms with Gasteiger partial charge in [0.05, 0.1) is 19.6 Å². The van der Waals surface area contributed by atoms with Crippen LogP contribution in [0.3, 0.4) is 0 Å². The van der Waals surface area contributed by atoms with E-state index < -0.39 is 24.7 Å². The van der Waals surface area contributed by atoms with Crippen molar-refractivity contribution in [2.24, 2.45) is 0 Å². The summed E-state index contributed by atoms with van der Waals surface area (Å²) >= 11 is 6.13. The van der Waals surface area contributed by atoms with Gasteiger partial charge in [-0.15, -0.1) is 0 Å². The van der Waals surface area contributed by atoms with E-state index in [4.69, 9.17) is 21.1 Å². The summed E-state index contributed by atoms with van der Waals surface area (Å²) in [5, 5.41) is 0.313. The monoisotopic (exact) mass is 365 g/mol. The minimum Gasteiger partial charge on any atom is -0.486 e. The molecule has 2 aliphatic heterocycles. The van der Waals surface area contributed by atoms with Crippen LogP contribution in [0.15, 0.2) is 12.1 Å². The van der Waals surface area contributed by atoms with E-state index in [2.05, 4.69) is 4.74 Å². The molecule has 0 spiro atoms. The first-order chi connectivity index (χ1) is 11.3. The smallest absolute Gasteiger partial charge is 0.416 e. The van der Waals surface area contributed by atoms with Crippen LogP contribution in [0.4, 0.5) is 13.2 Å². The van der Waals surface area contributed by atoms with Crippen LogP contribution in [0, 0.1) is 0 Å². The van der Waals surface area contributed by atoms with Crippen LogP contribution in [0.2, 0.25) is 5.02 Å². The predicted molar refractivity (Wildman–Crippen MR) is 78.5 cm³/mol. The standard InChI is InChI=1S/C15H15ClF3NO4/c16-10-7-12-11(22-3-4-23-12)5-9(10)6-14(21)20-1-2-24-13(8-20)15(17,18)19/h5,7,13H,1-4,6,8H2/t13-/m0/s1. The highest BCUT2D eigenvalue weighted by molar-refractivity contribution is 6.31. The predicted octanol–water partition coefficient (Wildman–Crippen LogP) is 2.44. The van der Waals surface area contributed by atoms with Crippen molar-refractivity contribution >= 4 is 17.5 Å². The van der Waals surface area contributed by atoms with E-state index in [9.17, 15) is 18.0 Å². The van der Waals surface area contributed by atoms with Crippen molar-refractivity contribution in [2.45, 2.75) is 18.7 Å². The topological polar surface area (TPSA) is 48.0 Å². The number of rotatable bonds is 2. The molecule has 1 fully saturated rings. The van der Waals surface area contributed by atoms with Gasteiger partial charge in [0, 0.05) is 17.6 Å². The Morgan fingerprint density at radius 1 is 1.21 bits per heavy atom. The summed E-state index contributed by atoms with van der Waals surface area (Å²) in [7, 11) is 0. The number of morpholine rings is 1. The summed E-state index contributed by atoms with van der Waals surface area (Å²) in [4.78, 5) is 13.5. The number of hydrogen-bond donors (Lipinski definition) is 0. The molecule has 0 saturated carbocycles. The summed E-state index contributed by atoms with van der Waals surface area (Å²) in [5.41, 5.74) is 0.487. The molecular formula is C15H15ClF3NO4. The van der Waals surface area contributed by atoms with Gasteiger partial charge in [-0.1, -0.05) is 11.6 Å². The number of benzene rings is 1. The zero-order chi connectivity index (χ0) is 17.3. The number of fused-ring (bicyclic) bond motifs is 1. The van der Waals surface area contributed by atoms with Crippen molar-refractivity contribution in [2.75, 3.05) is 32.9 Å². The molecule has 0 aliphatic carbocycles. The number of amides is 1. The van der Waals surface area contributed by atoms with Crippen LogP contribution in [0.1, 0.15) is 5.56 Å². The molecule has 0 bridgehead atoms. The third-order valence-corrected chi connectivity index (χ3v) is 4.19. The molecule has 132 valence electrons. The Balaban J connectivity index is 1.70. The average molecular weight is 366 g/mol. The largest absolute Gasteiger partial charge is 0.486 e. The maximum absolute atomic E-state index is 12.7. The molecule has 1 aromatic carbocycles. The quantitative estimate of drug-likeness (QED) is 0.807. The van der Waals surface area contributed by atoms with Gasteiger partial charge in [-0.3, -0.25) is 4.79 Å². The van der Waals surface area contributed by atoms with E-state index in [1.165, 1.54) is 0 Å². The molecule has 3 rings (SSSR count). The number of hydrogen-bond acceptors (Lipinski definition) is 4. The van der Waals surface area contributed by atoms with Crippen molar-refractivity contribution < 1.29 is 32.2 Å².